The van der Waals surface area contributed by atoms with E-state index in [-0.39, 0.29) is 5.92 Å². The number of hydrogen-bond acceptors (Lipinski definition) is 2. The first kappa shape index (κ1) is 13.9. The number of carbonyl (C=O) groups is 1. The Morgan fingerprint density at radius 3 is 2.60 bits per heavy atom. The molecular formula is C16H21ClN2O. The maximum atomic E-state index is 12.7. The molecule has 0 radical (unpaired) electrons. The van der Waals surface area contributed by atoms with E-state index >= 15 is 0 Å². The van der Waals surface area contributed by atoms with Gasteiger partial charge in [0.25, 0.3) is 0 Å². The number of nitrogens with zero attached hydrogens (tertiary/aromatic N) is 1. The normalized spacial score (nSPS) is 22.6. The van der Waals surface area contributed by atoms with Crippen LogP contribution in [0.2, 0.25) is 5.02 Å². The van der Waals surface area contributed by atoms with Gasteiger partial charge in [-0.25, -0.2) is 0 Å². The number of benzene rings is 1. The van der Waals surface area contributed by atoms with E-state index in [0.717, 1.165) is 50.3 Å². The van der Waals surface area contributed by atoms with E-state index in [4.69, 9.17) is 11.6 Å². The van der Waals surface area contributed by atoms with Crippen LogP contribution in [0, 0.1) is 5.92 Å². The van der Waals surface area contributed by atoms with Crippen molar-refractivity contribution in [1.82, 2.24) is 10.2 Å². The Labute approximate surface area is 125 Å². The highest BCUT2D eigenvalue weighted by atomic mass is 35.5. The Hall–Kier alpha value is -1.06. The molecule has 4 heteroatoms. The molecule has 3 rings (SSSR count). The van der Waals surface area contributed by atoms with Crippen molar-refractivity contribution in [3.63, 3.8) is 0 Å². The molecule has 1 amide bonds. The van der Waals surface area contributed by atoms with E-state index in [1.54, 1.807) is 0 Å². The Bertz CT molecular complexity index is 464. The Morgan fingerprint density at radius 1 is 1.25 bits per heavy atom. The van der Waals surface area contributed by atoms with Crippen molar-refractivity contribution in [2.24, 2.45) is 5.92 Å². The largest absolute Gasteiger partial charge is 0.335 e. The van der Waals surface area contributed by atoms with Crippen molar-refractivity contribution in [2.75, 3.05) is 13.1 Å². The van der Waals surface area contributed by atoms with Crippen molar-refractivity contribution in [2.45, 2.75) is 38.3 Å². The van der Waals surface area contributed by atoms with Gasteiger partial charge >= 0.3 is 0 Å². The van der Waals surface area contributed by atoms with Gasteiger partial charge < -0.3 is 10.2 Å². The second-order valence-electron chi connectivity index (χ2n) is 5.87. The Morgan fingerprint density at radius 2 is 2.00 bits per heavy atom. The molecule has 0 spiro atoms. The maximum absolute atomic E-state index is 12.7. The molecule has 2 fully saturated rings. The first-order valence-corrected chi connectivity index (χ1v) is 7.87. The molecule has 0 bridgehead atoms. The quantitative estimate of drug-likeness (QED) is 0.925. The van der Waals surface area contributed by atoms with Crippen LogP contribution in [0.15, 0.2) is 24.3 Å². The second-order valence-corrected chi connectivity index (χ2v) is 6.30. The third kappa shape index (κ3) is 3.33. The predicted octanol–water partition coefficient (Wildman–Crippen LogP) is 2.83. The number of piperidine rings is 1. The van der Waals surface area contributed by atoms with Crippen LogP contribution in [0.3, 0.4) is 0 Å². The molecule has 1 aromatic rings. The van der Waals surface area contributed by atoms with E-state index in [9.17, 15) is 4.79 Å². The molecule has 1 aliphatic heterocycles. The second kappa shape index (κ2) is 6.15. The fourth-order valence-corrected chi connectivity index (χ4v) is 2.98. The third-order valence-corrected chi connectivity index (χ3v) is 4.43. The summed E-state index contributed by atoms with van der Waals surface area (Å²) in [4.78, 5) is 14.8. The van der Waals surface area contributed by atoms with Gasteiger partial charge in [0.1, 0.15) is 0 Å². The number of nitrogens with one attached hydrogen (secondary N) is 1. The van der Waals surface area contributed by atoms with Gasteiger partial charge in [-0.3, -0.25) is 4.79 Å². The fourth-order valence-electron chi connectivity index (χ4n) is 2.86. The van der Waals surface area contributed by atoms with Gasteiger partial charge in [0.2, 0.25) is 5.91 Å². The molecule has 1 saturated heterocycles. The van der Waals surface area contributed by atoms with E-state index in [1.807, 2.05) is 24.3 Å². The SMILES string of the molecule is O=C([C@H]1CCCNC1)N(Cc1ccc(Cl)cc1)C1CC1. The molecule has 1 saturated carbocycles. The lowest BCUT2D eigenvalue weighted by molar-refractivity contribution is -0.137. The van der Waals surface area contributed by atoms with Crippen LogP contribution in [0.1, 0.15) is 31.2 Å². The smallest absolute Gasteiger partial charge is 0.227 e. The van der Waals surface area contributed by atoms with Crippen LogP contribution in [0.5, 0.6) is 0 Å². The van der Waals surface area contributed by atoms with Crippen LogP contribution in [-0.2, 0) is 11.3 Å². The highest BCUT2D eigenvalue weighted by Crippen LogP contribution is 2.31. The zero-order valence-corrected chi connectivity index (χ0v) is 12.4. The summed E-state index contributed by atoms with van der Waals surface area (Å²) in [6, 6.07) is 8.29. The van der Waals surface area contributed by atoms with E-state index in [2.05, 4.69) is 10.2 Å². The molecular weight excluding hydrogens is 272 g/mol. The van der Waals surface area contributed by atoms with E-state index in [1.165, 1.54) is 5.56 Å². The number of carbonyl (C=O) groups excluding carboxylic acids is 1. The lowest BCUT2D eigenvalue weighted by Gasteiger charge is -2.30. The average molecular weight is 293 g/mol. The summed E-state index contributed by atoms with van der Waals surface area (Å²) in [5.41, 5.74) is 1.17. The number of hydrogen-bond donors (Lipinski definition) is 1. The van der Waals surface area contributed by atoms with Gasteiger partial charge in [0, 0.05) is 24.2 Å². The minimum atomic E-state index is 0.164. The van der Waals surface area contributed by atoms with Crippen molar-refractivity contribution >= 4 is 17.5 Å². The van der Waals surface area contributed by atoms with Crippen LogP contribution < -0.4 is 5.32 Å². The molecule has 1 heterocycles. The predicted molar refractivity (Wildman–Crippen MR) is 80.6 cm³/mol. The molecule has 3 nitrogen and oxygen atoms in total. The summed E-state index contributed by atoms with van der Waals surface area (Å²) in [5, 5.41) is 4.08. The monoisotopic (exact) mass is 292 g/mol. The first-order valence-electron chi connectivity index (χ1n) is 7.49. The Balaban J connectivity index is 1.68. The highest BCUT2D eigenvalue weighted by molar-refractivity contribution is 6.30. The van der Waals surface area contributed by atoms with Crippen LogP contribution in [-0.4, -0.2) is 29.9 Å². The van der Waals surface area contributed by atoms with Crippen molar-refractivity contribution < 1.29 is 4.79 Å². The minimum absolute atomic E-state index is 0.164. The summed E-state index contributed by atoms with van der Waals surface area (Å²) >= 11 is 5.92. The number of amides is 1. The van der Waals surface area contributed by atoms with Gasteiger partial charge in [-0.15, -0.1) is 0 Å². The standard InChI is InChI=1S/C16H21ClN2O/c17-14-5-3-12(4-6-14)11-19(15-7-8-15)16(20)13-2-1-9-18-10-13/h3-6,13,15,18H,1-2,7-11H2/t13-/m0/s1. The molecule has 1 aliphatic carbocycles. The van der Waals surface area contributed by atoms with E-state index in [0.29, 0.717) is 11.9 Å². The molecule has 108 valence electrons. The van der Waals surface area contributed by atoms with Gasteiger partial charge in [-0.1, -0.05) is 23.7 Å². The summed E-state index contributed by atoms with van der Waals surface area (Å²) in [7, 11) is 0. The molecule has 0 unspecified atom stereocenters. The highest BCUT2D eigenvalue weighted by Gasteiger charge is 2.36. The topological polar surface area (TPSA) is 32.3 Å². The van der Waals surface area contributed by atoms with Crippen LogP contribution in [0.4, 0.5) is 0 Å². The number of halogens is 1. The minimum Gasteiger partial charge on any atom is -0.335 e. The summed E-state index contributed by atoms with van der Waals surface area (Å²) in [6.07, 6.45) is 4.44. The van der Waals surface area contributed by atoms with Crippen LogP contribution in [0.25, 0.3) is 0 Å². The Kier molecular flexibility index (Phi) is 4.27. The lowest BCUT2D eigenvalue weighted by atomic mass is 9.97. The van der Waals surface area contributed by atoms with E-state index < -0.39 is 0 Å². The zero-order valence-electron chi connectivity index (χ0n) is 11.6. The summed E-state index contributed by atoms with van der Waals surface area (Å²) < 4.78 is 0. The zero-order chi connectivity index (χ0) is 13.9. The molecule has 0 aromatic heterocycles. The molecule has 2 aliphatic rings. The summed E-state index contributed by atoms with van der Waals surface area (Å²) in [6.45, 7) is 2.60. The molecule has 1 N–H and O–H groups in total. The fraction of sp³-hybridized carbons (Fsp3) is 0.562. The van der Waals surface area contributed by atoms with Gasteiger partial charge in [-0.05, 0) is 49.9 Å². The van der Waals surface area contributed by atoms with Crippen molar-refractivity contribution in [1.29, 1.82) is 0 Å². The first-order chi connectivity index (χ1) is 9.74. The maximum Gasteiger partial charge on any atom is 0.227 e. The molecule has 1 aromatic carbocycles. The van der Waals surface area contributed by atoms with Crippen molar-refractivity contribution in [3.8, 4) is 0 Å². The summed E-state index contributed by atoms with van der Waals surface area (Å²) in [5.74, 6) is 0.492. The third-order valence-electron chi connectivity index (χ3n) is 4.18. The lowest BCUT2D eigenvalue weighted by Crippen LogP contribution is -2.43. The van der Waals surface area contributed by atoms with Gasteiger partial charge in [-0.2, -0.15) is 0 Å². The molecule has 1 atom stereocenters. The van der Waals surface area contributed by atoms with Gasteiger partial charge in [0.15, 0.2) is 0 Å². The average Bonchev–Trinajstić information content (AvgIpc) is 3.31. The van der Waals surface area contributed by atoms with Gasteiger partial charge in [0.05, 0.1) is 5.92 Å². The molecule has 20 heavy (non-hydrogen) atoms. The van der Waals surface area contributed by atoms with Crippen LogP contribution >= 0.6 is 11.6 Å². The number of rotatable bonds is 4. The van der Waals surface area contributed by atoms with Crippen molar-refractivity contribution in [3.05, 3.63) is 34.9 Å².